The van der Waals surface area contributed by atoms with E-state index in [4.69, 9.17) is 5.90 Å². The molecule has 2 N–H and O–H groups in total. The number of nitrogens with two attached hydrogens (primary N) is 1. The second kappa shape index (κ2) is 3.14. The van der Waals surface area contributed by atoms with Crippen LogP contribution in [-0.2, 0) is 11.4 Å². The van der Waals surface area contributed by atoms with Gasteiger partial charge in [-0.05, 0) is 17.7 Å². The van der Waals surface area contributed by atoms with Crippen molar-refractivity contribution in [3.8, 4) is 0 Å². The molecule has 1 heterocycles. The predicted octanol–water partition coefficient (Wildman–Crippen LogP) is 1.08. The standard InChI is InChI=1S/C7H7N3OS/c8-11-4-5-1-2-6-7(3-5)10-12-9-6/h1-3H,4,8H2. The van der Waals surface area contributed by atoms with Crippen LogP contribution in [0, 0.1) is 0 Å². The summed E-state index contributed by atoms with van der Waals surface area (Å²) in [5.41, 5.74) is 2.83. The molecule has 1 aromatic carbocycles. The van der Waals surface area contributed by atoms with E-state index in [9.17, 15) is 0 Å². The first-order valence-electron chi connectivity index (χ1n) is 3.43. The molecule has 2 aromatic rings. The van der Waals surface area contributed by atoms with Crippen molar-refractivity contribution in [2.45, 2.75) is 6.61 Å². The van der Waals surface area contributed by atoms with Crippen molar-refractivity contribution in [2.75, 3.05) is 0 Å². The zero-order chi connectivity index (χ0) is 8.39. The van der Waals surface area contributed by atoms with Gasteiger partial charge in [0.2, 0.25) is 0 Å². The summed E-state index contributed by atoms with van der Waals surface area (Å²) in [5, 5.41) is 0. The highest BCUT2D eigenvalue weighted by Crippen LogP contribution is 2.13. The smallest absolute Gasteiger partial charge is 0.105 e. The Kier molecular flexibility index (Phi) is 1.99. The van der Waals surface area contributed by atoms with Crippen LogP contribution < -0.4 is 5.90 Å². The fraction of sp³-hybridized carbons (Fsp3) is 0.143. The molecule has 0 saturated carbocycles. The van der Waals surface area contributed by atoms with E-state index in [-0.39, 0.29) is 0 Å². The zero-order valence-corrected chi connectivity index (χ0v) is 7.04. The molecule has 0 fully saturated rings. The van der Waals surface area contributed by atoms with Gasteiger partial charge in [-0.15, -0.1) is 0 Å². The summed E-state index contributed by atoms with van der Waals surface area (Å²) in [4.78, 5) is 4.51. The van der Waals surface area contributed by atoms with Gasteiger partial charge in [0, 0.05) is 0 Å². The summed E-state index contributed by atoms with van der Waals surface area (Å²) in [6, 6.07) is 5.76. The average molecular weight is 181 g/mol. The van der Waals surface area contributed by atoms with Crippen LogP contribution in [0.1, 0.15) is 5.56 Å². The van der Waals surface area contributed by atoms with Crippen LogP contribution in [0.4, 0.5) is 0 Å². The van der Waals surface area contributed by atoms with Gasteiger partial charge < -0.3 is 0 Å². The third-order valence-electron chi connectivity index (χ3n) is 1.57. The summed E-state index contributed by atoms with van der Waals surface area (Å²) in [6.07, 6.45) is 0. The van der Waals surface area contributed by atoms with Crippen molar-refractivity contribution >= 4 is 22.8 Å². The molecule has 0 radical (unpaired) electrons. The summed E-state index contributed by atoms with van der Waals surface area (Å²) in [5.74, 6) is 4.95. The van der Waals surface area contributed by atoms with Crippen LogP contribution in [0.2, 0.25) is 0 Å². The highest BCUT2D eigenvalue weighted by Gasteiger charge is 1.98. The van der Waals surface area contributed by atoms with E-state index in [0.29, 0.717) is 6.61 Å². The molecule has 4 nitrogen and oxygen atoms in total. The molecule has 1 aromatic heterocycles. The quantitative estimate of drug-likeness (QED) is 0.704. The van der Waals surface area contributed by atoms with Crippen LogP contribution in [-0.4, -0.2) is 8.75 Å². The minimum atomic E-state index is 0.410. The molecule has 0 bridgehead atoms. The van der Waals surface area contributed by atoms with Crippen LogP contribution in [0.5, 0.6) is 0 Å². The fourth-order valence-corrected chi connectivity index (χ4v) is 1.53. The molecule has 62 valence electrons. The lowest BCUT2D eigenvalue weighted by Gasteiger charge is -1.96. The van der Waals surface area contributed by atoms with Crippen LogP contribution in [0.15, 0.2) is 18.2 Å². The maximum atomic E-state index is 4.95. The van der Waals surface area contributed by atoms with Gasteiger partial charge in [-0.25, -0.2) is 5.90 Å². The second-order valence-electron chi connectivity index (χ2n) is 2.40. The van der Waals surface area contributed by atoms with E-state index in [0.717, 1.165) is 16.6 Å². The fourth-order valence-electron chi connectivity index (χ4n) is 1.01. The van der Waals surface area contributed by atoms with Crippen molar-refractivity contribution in [3.05, 3.63) is 23.8 Å². The minimum Gasteiger partial charge on any atom is -0.300 e. The van der Waals surface area contributed by atoms with E-state index < -0.39 is 0 Å². The van der Waals surface area contributed by atoms with Gasteiger partial charge in [0.05, 0.1) is 18.3 Å². The number of hydrogen-bond acceptors (Lipinski definition) is 5. The minimum absolute atomic E-state index is 0.410. The predicted molar refractivity (Wildman–Crippen MR) is 46.4 cm³/mol. The summed E-state index contributed by atoms with van der Waals surface area (Å²) < 4.78 is 8.17. The topological polar surface area (TPSA) is 61.0 Å². The lowest BCUT2D eigenvalue weighted by molar-refractivity contribution is 0.124. The lowest BCUT2D eigenvalue weighted by atomic mass is 10.2. The summed E-state index contributed by atoms with van der Waals surface area (Å²) in [6.45, 7) is 0.410. The zero-order valence-electron chi connectivity index (χ0n) is 6.23. The molecule has 0 spiro atoms. The Labute approximate surface area is 73.2 Å². The van der Waals surface area contributed by atoms with Gasteiger partial charge in [0.1, 0.15) is 11.0 Å². The first-order chi connectivity index (χ1) is 5.90. The normalized spacial score (nSPS) is 10.8. The van der Waals surface area contributed by atoms with Crippen molar-refractivity contribution in [1.29, 1.82) is 0 Å². The number of nitrogens with zero attached hydrogens (tertiary/aromatic N) is 2. The van der Waals surface area contributed by atoms with Crippen molar-refractivity contribution in [2.24, 2.45) is 5.90 Å². The Morgan fingerprint density at radius 2 is 2.17 bits per heavy atom. The Bertz CT molecular complexity index is 387. The number of hydrogen-bond donors (Lipinski definition) is 1. The third-order valence-corrected chi connectivity index (χ3v) is 2.12. The second-order valence-corrected chi connectivity index (χ2v) is 2.93. The van der Waals surface area contributed by atoms with Gasteiger partial charge in [-0.2, -0.15) is 8.75 Å². The molecule has 5 heteroatoms. The lowest BCUT2D eigenvalue weighted by Crippen LogP contribution is -1.98. The van der Waals surface area contributed by atoms with Gasteiger partial charge in [-0.3, -0.25) is 4.84 Å². The SMILES string of the molecule is NOCc1ccc2nsnc2c1. The van der Waals surface area contributed by atoms with Gasteiger partial charge in [0.25, 0.3) is 0 Å². The molecule has 0 aliphatic heterocycles. The summed E-state index contributed by atoms with van der Waals surface area (Å²) in [7, 11) is 0. The highest BCUT2D eigenvalue weighted by atomic mass is 32.1. The molecule has 0 unspecified atom stereocenters. The Hall–Kier alpha value is -1.04. The number of benzene rings is 1. The van der Waals surface area contributed by atoms with Crippen LogP contribution in [0.25, 0.3) is 11.0 Å². The largest absolute Gasteiger partial charge is 0.300 e. The van der Waals surface area contributed by atoms with E-state index >= 15 is 0 Å². The molecule has 0 amide bonds. The van der Waals surface area contributed by atoms with Crippen molar-refractivity contribution < 1.29 is 4.84 Å². The monoisotopic (exact) mass is 181 g/mol. The van der Waals surface area contributed by atoms with E-state index in [1.54, 1.807) is 0 Å². The molecule has 0 aliphatic rings. The number of rotatable bonds is 2. The molecule has 2 rings (SSSR count). The Morgan fingerprint density at radius 3 is 3.00 bits per heavy atom. The van der Waals surface area contributed by atoms with Crippen LogP contribution in [0.3, 0.4) is 0 Å². The maximum Gasteiger partial charge on any atom is 0.105 e. The molecular weight excluding hydrogens is 174 g/mol. The van der Waals surface area contributed by atoms with E-state index in [1.807, 2.05) is 18.2 Å². The van der Waals surface area contributed by atoms with E-state index in [2.05, 4.69) is 13.6 Å². The Balaban J connectivity index is 2.46. The van der Waals surface area contributed by atoms with Crippen LogP contribution >= 0.6 is 11.7 Å². The molecular formula is C7H7N3OS. The summed E-state index contributed by atoms with van der Waals surface area (Å²) >= 11 is 1.21. The Morgan fingerprint density at radius 1 is 1.33 bits per heavy atom. The molecule has 0 saturated heterocycles. The first-order valence-corrected chi connectivity index (χ1v) is 4.16. The number of fused-ring (bicyclic) bond motifs is 1. The molecule has 0 atom stereocenters. The van der Waals surface area contributed by atoms with Crippen molar-refractivity contribution in [1.82, 2.24) is 8.75 Å². The van der Waals surface area contributed by atoms with Crippen molar-refractivity contribution in [3.63, 3.8) is 0 Å². The number of aromatic nitrogens is 2. The average Bonchev–Trinajstić information content (AvgIpc) is 2.51. The molecule has 12 heavy (non-hydrogen) atoms. The van der Waals surface area contributed by atoms with Gasteiger partial charge in [-0.1, -0.05) is 6.07 Å². The molecule has 0 aliphatic carbocycles. The van der Waals surface area contributed by atoms with E-state index in [1.165, 1.54) is 11.7 Å². The third kappa shape index (κ3) is 1.29. The van der Waals surface area contributed by atoms with Gasteiger partial charge >= 0.3 is 0 Å². The first kappa shape index (κ1) is 7.60. The van der Waals surface area contributed by atoms with Gasteiger partial charge in [0.15, 0.2) is 0 Å². The highest BCUT2D eigenvalue weighted by molar-refractivity contribution is 7.00. The maximum absolute atomic E-state index is 4.95.